The second-order valence-corrected chi connectivity index (χ2v) is 6.02. The lowest BCUT2D eigenvalue weighted by atomic mass is 10.1. The Morgan fingerprint density at radius 2 is 1.95 bits per heavy atom. The highest BCUT2D eigenvalue weighted by atomic mass is 16.6. The van der Waals surface area contributed by atoms with Gasteiger partial charge in [-0.2, -0.15) is 0 Å². The van der Waals surface area contributed by atoms with Gasteiger partial charge in [-0.25, -0.2) is 0 Å². The minimum absolute atomic E-state index is 0.00380. The molecule has 1 aliphatic carbocycles. The summed E-state index contributed by atoms with van der Waals surface area (Å²) in [5.41, 5.74) is 0.760. The lowest BCUT2D eigenvalue weighted by Crippen LogP contribution is -2.34. The van der Waals surface area contributed by atoms with Crippen LogP contribution in [0.4, 0.5) is 5.69 Å². The first kappa shape index (κ1) is 13.4. The van der Waals surface area contributed by atoms with Gasteiger partial charge >= 0.3 is 0 Å². The Balaban J connectivity index is 1.50. The first-order valence-corrected chi connectivity index (χ1v) is 7.71. The molecular formula is C16H18N2O4. The molecule has 0 aromatic heterocycles. The van der Waals surface area contributed by atoms with Crippen molar-refractivity contribution in [3.8, 4) is 11.5 Å². The van der Waals surface area contributed by atoms with Gasteiger partial charge in [-0.15, -0.1) is 0 Å². The van der Waals surface area contributed by atoms with Gasteiger partial charge < -0.3 is 19.7 Å². The van der Waals surface area contributed by atoms with Gasteiger partial charge in [0.2, 0.25) is 11.8 Å². The number of carbonyl (C=O) groups excluding carboxylic acids is 2. The molecule has 6 heteroatoms. The third-order valence-electron chi connectivity index (χ3n) is 4.26. The first-order chi connectivity index (χ1) is 10.7. The van der Waals surface area contributed by atoms with Gasteiger partial charge in [-0.05, 0) is 25.0 Å². The summed E-state index contributed by atoms with van der Waals surface area (Å²) in [6.07, 6.45) is 2.38. The van der Waals surface area contributed by atoms with Crippen LogP contribution in [0.1, 0.15) is 19.3 Å². The zero-order valence-electron chi connectivity index (χ0n) is 12.2. The van der Waals surface area contributed by atoms with E-state index in [9.17, 15) is 9.59 Å². The minimum atomic E-state index is -0.263. The number of hydrogen-bond acceptors (Lipinski definition) is 4. The molecule has 1 aromatic rings. The molecule has 0 spiro atoms. The van der Waals surface area contributed by atoms with E-state index in [0.29, 0.717) is 37.3 Å². The summed E-state index contributed by atoms with van der Waals surface area (Å²) in [4.78, 5) is 26.0. The molecule has 0 radical (unpaired) electrons. The normalized spacial score (nSPS) is 23.5. The van der Waals surface area contributed by atoms with Crippen LogP contribution in [0.25, 0.3) is 0 Å². The molecule has 3 aliphatic rings. The topological polar surface area (TPSA) is 67.9 Å². The maximum atomic E-state index is 12.2. The van der Waals surface area contributed by atoms with Crippen LogP contribution < -0.4 is 19.7 Å². The Kier molecular flexibility index (Phi) is 3.17. The van der Waals surface area contributed by atoms with Crippen LogP contribution in [0.2, 0.25) is 0 Å². The Morgan fingerprint density at radius 1 is 1.18 bits per heavy atom. The van der Waals surface area contributed by atoms with Crippen LogP contribution in [-0.2, 0) is 9.59 Å². The van der Waals surface area contributed by atoms with E-state index < -0.39 is 0 Å². The summed E-state index contributed by atoms with van der Waals surface area (Å²) >= 11 is 0. The SMILES string of the molecule is O=C(NC1CC1)C1CC(=O)N(c2ccc3c(c2)OCCO3)C1. The highest BCUT2D eigenvalue weighted by Crippen LogP contribution is 2.36. The van der Waals surface area contributed by atoms with Gasteiger partial charge in [0, 0.05) is 30.8 Å². The average molecular weight is 302 g/mol. The molecule has 6 nitrogen and oxygen atoms in total. The molecule has 4 rings (SSSR count). The second kappa shape index (κ2) is 5.19. The maximum absolute atomic E-state index is 12.2. The van der Waals surface area contributed by atoms with E-state index in [1.807, 2.05) is 18.2 Å². The number of ether oxygens (including phenoxy) is 2. The van der Waals surface area contributed by atoms with Gasteiger partial charge in [-0.3, -0.25) is 9.59 Å². The summed E-state index contributed by atoms with van der Waals surface area (Å²) in [5, 5.41) is 2.98. The Labute approximate surface area is 128 Å². The fourth-order valence-corrected chi connectivity index (χ4v) is 2.88. The largest absolute Gasteiger partial charge is 0.486 e. The van der Waals surface area contributed by atoms with Crippen molar-refractivity contribution in [1.29, 1.82) is 0 Å². The summed E-state index contributed by atoms with van der Waals surface area (Å²) < 4.78 is 11.0. The van der Waals surface area contributed by atoms with E-state index in [2.05, 4.69) is 5.32 Å². The molecule has 2 fully saturated rings. The van der Waals surface area contributed by atoms with Crippen molar-refractivity contribution in [2.75, 3.05) is 24.7 Å². The Morgan fingerprint density at radius 3 is 2.73 bits per heavy atom. The Bertz CT molecular complexity index is 627. The van der Waals surface area contributed by atoms with Crippen molar-refractivity contribution in [3.05, 3.63) is 18.2 Å². The van der Waals surface area contributed by atoms with E-state index in [4.69, 9.17) is 9.47 Å². The van der Waals surface area contributed by atoms with Crippen molar-refractivity contribution in [2.45, 2.75) is 25.3 Å². The van der Waals surface area contributed by atoms with Crippen LogP contribution in [-0.4, -0.2) is 37.6 Å². The number of amides is 2. The zero-order chi connectivity index (χ0) is 15.1. The number of nitrogens with one attached hydrogen (secondary N) is 1. The van der Waals surface area contributed by atoms with Crippen LogP contribution in [0.5, 0.6) is 11.5 Å². The number of nitrogens with zero attached hydrogens (tertiary/aromatic N) is 1. The van der Waals surface area contributed by atoms with Gasteiger partial charge in [0.1, 0.15) is 13.2 Å². The number of hydrogen-bond donors (Lipinski definition) is 1. The van der Waals surface area contributed by atoms with Gasteiger partial charge in [-0.1, -0.05) is 0 Å². The van der Waals surface area contributed by atoms with Gasteiger partial charge in [0.05, 0.1) is 5.92 Å². The maximum Gasteiger partial charge on any atom is 0.227 e. The van der Waals surface area contributed by atoms with E-state index in [-0.39, 0.29) is 24.2 Å². The predicted molar refractivity (Wildman–Crippen MR) is 79.1 cm³/mol. The van der Waals surface area contributed by atoms with Crippen molar-refractivity contribution in [3.63, 3.8) is 0 Å². The fourth-order valence-electron chi connectivity index (χ4n) is 2.88. The molecular weight excluding hydrogens is 284 g/mol. The highest BCUT2D eigenvalue weighted by molar-refractivity contribution is 6.00. The van der Waals surface area contributed by atoms with Crippen molar-refractivity contribution in [2.24, 2.45) is 5.92 Å². The second-order valence-electron chi connectivity index (χ2n) is 6.02. The number of rotatable bonds is 3. The molecule has 1 saturated heterocycles. The summed E-state index contributed by atoms with van der Waals surface area (Å²) in [7, 11) is 0. The summed E-state index contributed by atoms with van der Waals surface area (Å²) in [5.74, 6) is 1.07. The van der Waals surface area contributed by atoms with Crippen LogP contribution in [0.15, 0.2) is 18.2 Å². The lowest BCUT2D eigenvalue weighted by molar-refractivity contribution is -0.126. The van der Waals surface area contributed by atoms with Crippen LogP contribution in [0.3, 0.4) is 0 Å². The molecule has 1 saturated carbocycles. The monoisotopic (exact) mass is 302 g/mol. The molecule has 1 unspecified atom stereocenters. The molecule has 116 valence electrons. The fraction of sp³-hybridized carbons (Fsp3) is 0.500. The molecule has 2 heterocycles. The molecule has 2 aliphatic heterocycles. The van der Waals surface area contributed by atoms with E-state index in [1.54, 1.807) is 4.90 Å². The minimum Gasteiger partial charge on any atom is -0.486 e. The average Bonchev–Trinajstić information content (AvgIpc) is 3.26. The molecule has 1 aromatic carbocycles. The van der Waals surface area contributed by atoms with Crippen LogP contribution in [0, 0.1) is 5.92 Å². The molecule has 22 heavy (non-hydrogen) atoms. The third kappa shape index (κ3) is 2.49. The molecule has 2 amide bonds. The van der Waals surface area contributed by atoms with Crippen molar-refractivity contribution >= 4 is 17.5 Å². The summed E-state index contributed by atoms with van der Waals surface area (Å²) in [6, 6.07) is 5.79. The molecule has 0 bridgehead atoms. The quantitative estimate of drug-likeness (QED) is 0.907. The number of carbonyl (C=O) groups is 2. The van der Waals surface area contributed by atoms with Crippen LogP contribution >= 0.6 is 0 Å². The van der Waals surface area contributed by atoms with Gasteiger partial charge in [0.25, 0.3) is 0 Å². The smallest absolute Gasteiger partial charge is 0.227 e. The highest BCUT2D eigenvalue weighted by Gasteiger charge is 2.37. The number of benzene rings is 1. The van der Waals surface area contributed by atoms with Crippen molar-refractivity contribution in [1.82, 2.24) is 5.32 Å². The van der Waals surface area contributed by atoms with Crippen molar-refractivity contribution < 1.29 is 19.1 Å². The van der Waals surface area contributed by atoms with E-state index in [1.165, 1.54) is 0 Å². The van der Waals surface area contributed by atoms with E-state index >= 15 is 0 Å². The predicted octanol–water partition coefficient (Wildman–Crippen LogP) is 1.09. The zero-order valence-corrected chi connectivity index (χ0v) is 12.2. The van der Waals surface area contributed by atoms with Gasteiger partial charge in [0.15, 0.2) is 11.5 Å². The Hall–Kier alpha value is -2.24. The first-order valence-electron chi connectivity index (χ1n) is 7.71. The number of anilines is 1. The van der Waals surface area contributed by atoms with E-state index in [0.717, 1.165) is 18.5 Å². The molecule has 1 N–H and O–H groups in total. The number of fused-ring (bicyclic) bond motifs is 1. The lowest BCUT2D eigenvalue weighted by Gasteiger charge is -2.22. The standard InChI is InChI=1S/C16H18N2O4/c19-15-7-10(16(20)17-11-1-2-11)9-18(15)12-3-4-13-14(8-12)22-6-5-21-13/h3-4,8,10-11H,1-2,5-7,9H2,(H,17,20). The molecule has 1 atom stereocenters. The summed E-state index contributed by atoms with van der Waals surface area (Å²) in [6.45, 7) is 1.48. The third-order valence-corrected chi connectivity index (χ3v) is 4.26.